The molecule has 0 spiro atoms. The highest BCUT2D eigenvalue weighted by molar-refractivity contribution is 4.91. The average Bonchev–Trinajstić information content (AvgIpc) is 3.31. The van der Waals surface area contributed by atoms with E-state index in [1.165, 1.54) is 4.80 Å². The van der Waals surface area contributed by atoms with Gasteiger partial charge in [-0.1, -0.05) is 55.2 Å². The second-order valence-corrected chi connectivity index (χ2v) is 6.44. The lowest BCUT2D eigenvalue weighted by Gasteiger charge is -2.03. The number of hydrogen-bond acceptors (Lipinski definition) is 6. The first kappa shape index (κ1) is 30.2. The van der Waals surface area contributed by atoms with Gasteiger partial charge in [0.05, 0.1) is 7.05 Å². The molecule has 0 atom stereocenters. The monoisotopic (exact) mass is 395 g/mol. The molecular formula is C19H41N9. The molecule has 0 aliphatic carbocycles. The molecule has 3 heterocycles. The topological polar surface area (TPSA) is 103 Å². The van der Waals surface area contributed by atoms with Crippen LogP contribution in [-0.4, -0.2) is 45.4 Å². The fourth-order valence-electron chi connectivity index (χ4n) is 1.64. The van der Waals surface area contributed by atoms with Crippen LogP contribution in [0.5, 0.6) is 0 Å². The van der Waals surface area contributed by atoms with E-state index in [1.54, 1.807) is 7.05 Å². The molecule has 9 heteroatoms. The van der Waals surface area contributed by atoms with Crippen molar-refractivity contribution < 1.29 is 0 Å². The van der Waals surface area contributed by atoms with Gasteiger partial charge < -0.3 is 4.57 Å². The van der Waals surface area contributed by atoms with Gasteiger partial charge in [-0.15, -0.1) is 20.4 Å². The Morgan fingerprint density at radius 1 is 0.821 bits per heavy atom. The van der Waals surface area contributed by atoms with Gasteiger partial charge in [0.25, 0.3) is 0 Å². The highest BCUT2D eigenvalue weighted by Crippen LogP contribution is 2.04. The Bertz CT molecular complexity index is 630. The highest BCUT2D eigenvalue weighted by Gasteiger charge is 2.03. The van der Waals surface area contributed by atoms with Crippen molar-refractivity contribution in [3.05, 3.63) is 36.2 Å². The molecule has 0 aliphatic heterocycles. The van der Waals surface area contributed by atoms with Crippen molar-refractivity contribution in [2.24, 2.45) is 7.05 Å². The standard InChI is InChI=1S/C7H11N.C5H10N4.C4H8N4.3CH4/c1-7(2)8-5-3-4-6-8;1-4(2)5-6-8-9(3)7-5;1-3(2)4-5-7-8-6-4;;;/h3-7H,1-2H3;4H,1-3H3;3H,1-2H3,(H,5,6,7,8);3*1H4. The van der Waals surface area contributed by atoms with Crippen LogP contribution in [0.15, 0.2) is 24.5 Å². The van der Waals surface area contributed by atoms with Gasteiger partial charge in [0, 0.05) is 30.3 Å². The summed E-state index contributed by atoms with van der Waals surface area (Å²) in [4.78, 5) is 1.47. The Morgan fingerprint density at radius 2 is 1.36 bits per heavy atom. The second kappa shape index (κ2) is 15.5. The van der Waals surface area contributed by atoms with E-state index in [1.807, 2.05) is 39.8 Å². The van der Waals surface area contributed by atoms with Gasteiger partial charge in [-0.05, 0) is 31.2 Å². The van der Waals surface area contributed by atoms with E-state index in [9.17, 15) is 0 Å². The summed E-state index contributed by atoms with van der Waals surface area (Å²) in [5, 5.41) is 24.8. The third-order valence-electron chi connectivity index (χ3n) is 3.14. The Kier molecular flexibility index (Phi) is 16.7. The Morgan fingerprint density at radius 3 is 1.57 bits per heavy atom. The molecular weight excluding hydrogens is 354 g/mol. The number of aromatic nitrogens is 9. The van der Waals surface area contributed by atoms with Crippen LogP contribution >= 0.6 is 0 Å². The maximum Gasteiger partial charge on any atom is 0.177 e. The lowest BCUT2D eigenvalue weighted by molar-refractivity contribution is 0.604. The van der Waals surface area contributed by atoms with Crippen molar-refractivity contribution in [1.29, 1.82) is 0 Å². The van der Waals surface area contributed by atoms with Crippen LogP contribution in [0.4, 0.5) is 0 Å². The molecule has 0 aromatic carbocycles. The molecule has 1 N–H and O–H groups in total. The summed E-state index contributed by atoms with van der Waals surface area (Å²) in [7, 11) is 1.76. The van der Waals surface area contributed by atoms with Crippen LogP contribution in [0.25, 0.3) is 0 Å². The van der Waals surface area contributed by atoms with E-state index < -0.39 is 0 Å². The molecule has 0 aliphatic rings. The smallest absolute Gasteiger partial charge is 0.177 e. The number of nitrogens with one attached hydrogen (secondary N) is 1. The van der Waals surface area contributed by atoms with E-state index in [0.29, 0.717) is 17.9 Å². The molecule has 0 radical (unpaired) electrons. The van der Waals surface area contributed by atoms with Crippen molar-refractivity contribution >= 4 is 0 Å². The Labute approximate surface area is 170 Å². The molecule has 0 saturated heterocycles. The number of aromatic amines is 1. The lowest BCUT2D eigenvalue weighted by Crippen LogP contribution is -1.94. The molecule has 28 heavy (non-hydrogen) atoms. The molecule has 3 aromatic heterocycles. The lowest BCUT2D eigenvalue weighted by atomic mass is 10.2. The van der Waals surface area contributed by atoms with Crippen LogP contribution in [0.2, 0.25) is 0 Å². The van der Waals surface area contributed by atoms with Gasteiger partial charge in [-0.25, -0.2) is 0 Å². The number of nitrogens with zero attached hydrogens (tertiary/aromatic N) is 8. The molecule has 162 valence electrons. The maximum atomic E-state index is 4.00. The van der Waals surface area contributed by atoms with Crippen LogP contribution in [0, 0.1) is 0 Å². The van der Waals surface area contributed by atoms with E-state index in [4.69, 9.17) is 0 Å². The van der Waals surface area contributed by atoms with Crippen LogP contribution in [0.3, 0.4) is 0 Å². The summed E-state index contributed by atoms with van der Waals surface area (Å²) in [6.07, 6.45) is 4.15. The fraction of sp³-hybridized carbons (Fsp3) is 0.684. The summed E-state index contributed by atoms with van der Waals surface area (Å²) >= 11 is 0. The molecule has 0 bridgehead atoms. The number of tetrazole rings is 2. The zero-order valence-corrected chi connectivity index (χ0v) is 16.1. The largest absolute Gasteiger partial charge is 0.352 e. The zero-order valence-electron chi connectivity index (χ0n) is 16.1. The van der Waals surface area contributed by atoms with Crippen molar-refractivity contribution in [1.82, 2.24) is 45.4 Å². The first-order chi connectivity index (χ1) is 11.8. The van der Waals surface area contributed by atoms with Gasteiger partial charge in [0.2, 0.25) is 0 Å². The zero-order chi connectivity index (χ0) is 18.8. The van der Waals surface area contributed by atoms with Gasteiger partial charge in [-0.2, -0.15) is 10.0 Å². The minimum absolute atomic E-state index is 0. The molecule has 3 aromatic rings. The predicted octanol–water partition coefficient (Wildman–Crippen LogP) is 4.63. The Hall–Kier alpha value is -2.58. The minimum atomic E-state index is 0. The summed E-state index contributed by atoms with van der Waals surface area (Å²) in [5.74, 6) is 2.31. The first-order valence-corrected chi connectivity index (χ1v) is 8.40. The normalized spacial score (nSPS) is 9.36. The number of H-pyrrole nitrogens is 1. The minimum Gasteiger partial charge on any atom is -0.352 e. The average molecular weight is 396 g/mol. The molecule has 0 saturated carbocycles. The summed E-state index contributed by atoms with van der Waals surface area (Å²) in [5.41, 5.74) is 0. The quantitative estimate of drug-likeness (QED) is 0.693. The van der Waals surface area contributed by atoms with E-state index >= 15 is 0 Å². The predicted molar refractivity (Wildman–Crippen MR) is 116 cm³/mol. The molecule has 3 rings (SSSR count). The van der Waals surface area contributed by atoms with Gasteiger partial charge in [0.15, 0.2) is 11.6 Å². The van der Waals surface area contributed by atoms with E-state index in [0.717, 1.165) is 11.6 Å². The first-order valence-electron chi connectivity index (χ1n) is 8.40. The van der Waals surface area contributed by atoms with Crippen molar-refractivity contribution in [3.8, 4) is 0 Å². The fourth-order valence-corrected chi connectivity index (χ4v) is 1.64. The summed E-state index contributed by atoms with van der Waals surface area (Å²) in [6.45, 7) is 12.4. The summed E-state index contributed by atoms with van der Waals surface area (Å²) < 4.78 is 2.17. The maximum absolute atomic E-state index is 4.00. The number of rotatable bonds is 3. The third kappa shape index (κ3) is 11.2. The van der Waals surface area contributed by atoms with Gasteiger partial charge in [0.1, 0.15) is 0 Å². The highest BCUT2D eigenvalue weighted by atomic mass is 15.6. The van der Waals surface area contributed by atoms with E-state index in [-0.39, 0.29) is 22.3 Å². The number of aryl methyl sites for hydroxylation is 1. The number of hydrogen-bond donors (Lipinski definition) is 1. The molecule has 0 fully saturated rings. The van der Waals surface area contributed by atoms with Gasteiger partial charge in [-0.3, -0.25) is 0 Å². The molecule has 0 amide bonds. The van der Waals surface area contributed by atoms with Crippen LogP contribution in [0.1, 0.15) is 93.3 Å². The van der Waals surface area contributed by atoms with Crippen LogP contribution < -0.4 is 0 Å². The van der Waals surface area contributed by atoms with Gasteiger partial charge >= 0.3 is 0 Å². The van der Waals surface area contributed by atoms with E-state index in [2.05, 4.69) is 66.8 Å². The van der Waals surface area contributed by atoms with Crippen molar-refractivity contribution in [2.75, 3.05) is 0 Å². The van der Waals surface area contributed by atoms with Crippen LogP contribution in [-0.2, 0) is 7.05 Å². The Balaban J connectivity index is -0.000000318. The summed E-state index contributed by atoms with van der Waals surface area (Å²) in [6, 6.07) is 4.69. The third-order valence-corrected chi connectivity index (χ3v) is 3.14. The molecule has 9 nitrogen and oxygen atoms in total. The molecule has 0 unspecified atom stereocenters. The SMILES string of the molecule is C.C.C.CC(C)c1nn[nH]n1.CC(C)c1nnn(C)n1.CC(C)n1cccc1. The second-order valence-electron chi connectivity index (χ2n) is 6.44. The van der Waals surface area contributed by atoms with Crippen molar-refractivity contribution in [2.45, 2.75) is 81.7 Å². The van der Waals surface area contributed by atoms with Crippen molar-refractivity contribution in [3.63, 3.8) is 0 Å².